The summed E-state index contributed by atoms with van der Waals surface area (Å²) < 4.78 is 0. The molecule has 3 aliphatic rings. The lowest BCUT2D eigenvalue weighted by Crippen LogP contribution is -2.45. The van der Waals surface area contributed by atoms with Gasteiger partial charge in [-0.3, -0.25) is 4.79 Å². The molecule has 2 saturated heterocycles. The zero-order valence-electron chi connectivity index (χ0n) is 12.6. The molecule has 3 fully saturated rings. The van der Waals surface area contributed by atoms with Crippen molar-refractivity contribution in [2.75, 3.05) is 39.3 Å². The number of hydrogen-bond donors (Lipinski definition) is 1. The lowest BCUT2D eigenvalue weighted by Gasteiger charge is -2.33. The van der Waals surface area contributed by atoms with Crippen LogP contribution in [0.15, 0.2) is 0 Å². The Bertz CT molecular complexity index is 316. The van der Waals surface area contributed by atoms with Gasteiger partial charge in [0.2, 0.25) is 5.91 Å². The number of hydrogen-bond acceptors (Lipinski definition) is 3. The molecular formula is C16H29N3O. The highest BCUT2D eigenvalue weighted by molar-refractivity contribution is 5.76. The fourth-order valence-electron chi connectivity index (χ4n) is 3.41. The maximum atomic E-state index is 12.2. The van der Waals surface area contributed by atoms with Gasteiger partial charge in [0.25, 0.3) is 0 Å². The molecule has 0 spiro atoms. The molecule has 0 aromatic heterocycles. The van der Waals surface area contributed by atoms with Crippen molar-refractivity contribution in [3.05, 3.63) is 0 Å². The van der Waals surface area contributed by atoms with E-state index < -0.39 is 0 Å². The summed E-state index contributed by atoms with van der Waals surface area (Å²) in [5, 5.41) is 3.67. The van der Waals surface area contributed by atoms with E-state index in [0.29, 0.717) is 11.9 Å². The smallest absolute Gasteiger partial charge is 0.223 e. The molecule has 0 unspecified atom stereocenters. The number of piperidine rings is 1. The Morgan fingerprint density at radius 2 is 1.70 bits per heavy atom. The summed E-state index contributed by atoms with van der Waals surface area (Å²) in [4.78, 5) is 16.7. The summed E-state index contributed by atoms with van der Waals surface area (Å²) in [6, 6.07) is 0.651. The molecule has 2 aliphatic heterocycles. The van der Waals surface area contributed by atoms with Crippen molar-refractivity contribution < 1.29 is 4.79 Å². The normalized spacial score (nSPS) is 25.3. The van der Waals surface area contributed by atoms with E-state index in [0.717, 1.165) is 44.8 Å². The average molecular weight is 279 g/mol. The second-order valence-electron chi connectivity index (χ2n) is 6.81. The molecular weight excluding hydrogens is 250 g/mol. The molecule has 1 saturated carbocycles. The topological polar surface area (TPSA) is 35.6 Å². The van der Waals surface area contributed by atoms with Crippen LogP contribution in [0.25, 0.3) is 0 Å². The van der Waals surface area contributed by atoms with E-state index in [4.69, 9.17) is 0 Å². The molecule has 0 bridgehead atoms. The van der Waals surface area contributed by atoms with Gasteiger partial charge in [-0.2, -0.15) is 0 Å². The quantitative estimate of drug-likeness (QED) is 0.799. The minimum atomic E-state index is 0.373. The third kappa shape index (κ3) is 4.19. The number of carbonyl (C=O) groups is 1. The van der Waals surface area contributed by atoms with Crippen LogP contribution in [0.3, 0.4) is 0 Å². The highest BCUT2D eigenvalue weighted by Gasteiger charge is 2.26. The fourth-order valence-corrected chi connectivity index (χ4v) is 3.41. The number of amides is 1. The number of nitrogens with zero attached hydrogens (tertiary/aromatic N) is 2. The Labute approximate surface area is 122 Å². The van der Waals surface area contributed by atoms with E-state index >= 15 is 0 Å². The molecule has 2 heterocycles. The predicted octanol–water partition coefficient (Wildman–Crippen LogP) is 1.46. The molecule has 1 amide bonds. The van der Waals surface area contributed by atoms with Crippen LogP contribution in [-0.2, 0) is 4.79 Å². The molecule has 114 valence electrons. The maximum absolute atomic E-state index is 12.2. The Kier molecular flexibility index (Phi) is 4.94. The van der Waals surface area contributed by atoms with Gasteiger partial charge in [0.15, 0.2) is 0 Å². The Morgan fingerprint density at radius 3 is 2.35 bits per heavy atom. The van der Waals surface area contributed by atoms with Crippen LogP contribution in [0.5, 0.6) is 0 Å². The molecule has 3 rings (SSSR count). The van der Waals surface area contributed by atoms with Crippen molar-refractivity contribution in [3.63, 3.8) is 0 Å². The first-order chi connectivity index (χ1) is 9.81. The van der Waals surface area contributed by atoms with E-state index in [9.17, 15) is 4.79 Å². The van der Waals surface area contributed by atoms with Gasteiger partial charge in [0.1, 0.15) is 0 Å². The second kappa shape index (κ2) is 6.90. The highest BCUT2D eigenvalue weighted by atomic mass is 16.2. The van der Waals surface area contributed by atoms with Gasteiger partial charge in [0.05, 0.1) is 0 Å². The summed E-state index contributed by atoms with van der Waals surface area (Å²) in [5.74, 6) is 1.33. The van der Waals surface area contributed by atoms with Gasteiger partial charge >= 0.3 is 0 Å². The third-order valence-electron chi connectivity index (χ3n) is 5.08. The Balaban J connectivity index is 1.30. The first-order valence-corrected chi connectivity index (χ1v) is 8.55. The van der Waals surface area contributed by atoms with Crippen LogP contribution in [0.2, 0.25) is 0 Å². The Hall–Kier alpha value is -0.610. The molecule has 20 heavy (non-hydrogen) atoms. The maximum Gasteiger partial charge on any atom is 0.223 e. The number of nitrogens with one attached hydrogen (secondary N) is 1. The lowest BCUT2D eigenvalue weighted by molar-refractivity contribution is -0.132. The Morgan fingerprint density at radius 1 is 1.00 bits per heavy atom. The molecule has 4 heteroatoms. The molecule has 0 aromatic carbocycles. The minimum Gasteiger partial charge on any atom is -0.343 e. The van der Waals surface area contributed by atoms with Crippen LogP contribution in [0.4, 0.5) is 0 Å². The van der Waals surface area contributed by atoms with E-state index in [1.165, 1.54) is 45.3 Å². The average Bonchev–Trinajstić information content (AvgIpc) is 3.17. The van der Waals surface area contributed by atoms with Gasteiger partial charge in [-0.15, -0.1) is 0 Å². The molecule has 0 atom stereocenters. The van der Waals surface area contributed by atoms with E-state index in [1.807, 2.05) is 0 Å². The van der Waals surface area contributed by atoms with Gasteiger partial charge in [-0.25, -0.2) is 0 Å². The summed E-state index contributed by atoms with van der Waals surface area (Å²) >= 11 is 0. The highest BCUT2D eigenvalue weighted by Crippen LogP contribution is 2.28. The summed E-state index contributed by atoms with van der Waals surface area (Å²) in [7, 11) is 0. The molecule has 0 aromatic rings. The summed E-state index contributed by atoms with van der Waals surface area (Å²) in [5.41, 5.74) is 0. The molecule has 4 nitrogen and oxygen atoms in total. The third-order valence-corrected chi connectivity index (χ3v) is 5.08. The standard InChI is InChI=1S/C16H29N3O/c20-16(7-10-18-8-1-2-9-18)19-11-5-15(6-12-19)17-13-14-3-4-14/h14-15,17H,1-13H2. The first-order valence-electron chi connectivity index (χ1n) is 8.55. The minimum absolute atomic E-state index is 0.373. The second-order valence-corrected chi connectivity index (χ2v) is 6.81. The van der Waals surface area contributed by atoms with Crippen LogP contribution < -0.4 is 5.32 Å². The fraction of sp³-hybridized carbons (Fsp3) is 0.938. The van der Waals surface area contributed by atoms with Crippen LogP contribution in [-0.4, -0.2) is 61.0 Å². The van der Waals surface area contributed by atoms with Crippen LogP contribution >= 0.6 is 0 Å². The largest absolute Gasteiger partial charge is 0.343 e. The van der Waals surface area contributed by atoms with Crippen LogP contribution in [0.1, 0.15) is 44.9 Å². The SMILES string of the molecule is O=C(CCN1CCCC1)N1CCC(NCC2CC2)CC1. The monoisotopic (exact) mass is 279 g/mol. The van der Waals surface area contributed by atoms with Crippen molar-refractivity contribution in [3.8, 4) is 0 Å². The van der Waals surface area contributed by atoms with Gasteiger partial charge < -0.3 is 15.1 Å². The van der Waals surface area contributed by atoms with Crippen molar-refractivity contribution in [1.29, 1.82) is 0 Å². The van der Waals surface area contributed by atoms with Gasteiger partial charge in [-0.05, 0) is 64.1 Å². The zero-order chi connectivity index (χ0) is 13.8. The van der Waals surface area contributed by atoms with E-state index in [1.54, 1.807) is 0 Å². The van der Waals surface area contributed by atoms with E-state index in [-0.39, 0.29) is 0 Å². The summed E-state index contributed by atoms with van der Waals surface area (Å²) in [6.45, 7) is 6.48. The van der Waals surface area contributed by atoms with Crippen molar-refractivity contribution >= 4 is 5.91 Å². The van der Waals surface area contributed by atoms with E-state index in [2.05, 4.69) is 15.1 Å². The van der Waals surface area contributed by atoms with Crippen molar-refractivity contribution in [1.82, 2.24) is 15.1 Å². The van der Waals surface area contributed by atoms with Gasteiger partial charge in [-0.1, -0.05) is 0 Å². The van der Waals surface area contributed by atoms with Gasteiger partial charge in [0, 0.05) is 32.1 Å². The summed E-state index contributed by atoms with van der Waals surface area (Å²) in [6.07, 6.45) is 8.46. The van der Waals surface area contributed by atoms with Crippen molar-refractivity contribution in [2.45, 2.75) is 51.0 Å². The van der Waals surface area contributed by atoms with Crippen molar-refractivity contribution in [2.24, 2.45) is 5.92 Å². The molecule has 1 N–H and O–H groups in total. The molecule has 0 radical (unpaired) electrons. The number of carbonyl (C=O) groups excluding carboxylic acids is 1. The number of likely N-dealkylation sites (tertiary alicyclic amines) is 2. The number of rotatable bonds is 6. The predicted molar refractivity (Wildman–Crippen MR) is 80.6 cm³/mol. The lowest BCUT2D eigenvalue weighted by atomic mass is 10.0. The first kappa shape index (κ1) is 14.3. The molecule has 1 aliphatic carbocycles. The zero-order valence-corrected chi connectivity index (χ0v) is 12.6. The van der Waals surface area contributed by atoms with Crippen LogP contribution in [0, 0.1) is 5.92 Å².